The number of hydrogen-bond donors (Lipinski definition) is 1. The highest BCUT2D eigenvalue weighted by Gasteiger charge is 2.27. The molecule has 1 aromatic rings. The molecule has 0 unspecified atom stereocenters. The third-order valence-corrected chi connectivity index (χ3v) is 4.06. The highest BCUT2D eigenvalue weighted by Crippen LogP contribution is 2.31. The Kier molecular flexibility index (Phi) is 4.13. The normalized spacial score (nSPS) is 15.3. The molecule has 7 heteroatoms. The number of carbonyl (C=O) groups is 1. The minimum atomic E-state index is -0.586. The minimum absolute atomic E-state index is 0.0300. The van der Waals surface area contributed by atoms with Crippen molar-refractivity contribution in [3.63, 3.8) is 0 Å². The second-order valence-electron chi connectivity index (χ2n) is 5.00. The molecule has 1 aliphatic rings. The van der Waals surface area contributed by atoms with E-state index in [2.05, 4.69) is 0 Å². The van der Waals surface area contributed by atoms with Crippen molar-refractivity contribution in [1.29, 1.82) is 0 Å². The van der Waals surface area contributed by atoms with E-state index in [4.69, 9.17) is 17.3 Å². The Morgan fingerprint density at radius 3 is 2.60 bits per heavy atom. The van der Waals surface area contributed by atoms with Crippen molar-refractivity contribution in [2.75, 3.05) is 12.8 Å². The first kappa shape index (κ1) is 14.6. The molecule has 1 aliphatic carbocycles. The van der Waals surface area contributed by atoms with Gasteiger partial charge in [0.2, 0.25) is 0 Å². The summed E-state index contributed by atoms with van der Waals surface area (Å²) in [6.45, 7) is 0. The molecule has 0 aliphatic heterocycles. The summed E-state index contributed by atoms with van der Waals surface area (Å²) in [4.78, 5) is 24.3. The molecular formula is C13H16ClN3O3. The molecule has 0 saturated heterocycles. The van der Waals surface area contributed by atoms with Crippen LogP contribution in [0.5, 0.6) is 0 Å². The van der Waals surface area contributed by atoms with Crippen molar-refractivity contribution >= 4 is 28.9 Å². The van der Waals surface area contributed by atoms with Crippen molar-refractivity contribution in [2.45, 2.75) is 31.7 Å². The number of nitro groups is 1. The highest BCUT2D eigenvalue weighted by atomic mass is 35.5. The van der Waals surface area contributed by atoms with Gasteiger partial charge in [0.25, 0.3) is 11.6 Å². The number of hydrogen-bond acceptors (Lipinski definition) is 4. The van der Waals surface area contributed by atoms with Gasteiger partial charge in [0.05, 0.1) is 21.2 Å². The number of nitrogen functional groups attached to an aromatic ring is 1. The summed E-state index contributed by atoms with van der Waals surface area (Å²) in [6, 6.07) is 2.51. The maximum Gasteiger partial charge on any atom is 0.271 e. The van der Waals surface area contributed by atoms with Gasteiger partial charge < -0.3 is 10.6 Å². The van der Waals surface area contributed by atoms with Crippen molar-refractivity contribution < 1.29 is 9.72 Å². The Morgan fingerprint density at radius 1 is 1.45 bits per heavy atom. The third kappa shape index (κ3) is 2.70. The molecule has 1 saturated carbocycles. The van der Waals surface area contributed by atoms with Crippen LogP contribution in [-0.2, 0) is 0 Å². The van der Waals surface area contributed by atoms with Gasteiger partial charge in [-0.25, -0.2) is 0 Å². The first-order chi connectivity index (χ1) is 9.41. The Hall–Kier alpha value is -1.82. The van der Waals surface area contributed by atoms with E-state index in [1.807, 2.05) is 0 Å². The molecule has 0 aromatic heterocycles. The number of benzene rings is 1. The van der Waals surface area contributed by atoms with Crippen molar-refractivity contribution in [1.82, 2.24) is 4.90 Å². The monoisotopic (exact) mass is 297 g/mol. The van der Waals surface area contributed by atoms with Crippen LogP contribution < -0.4 is 5.73 Å². The van der Waals surface area contributed by atoms with Gasteiger partial charge in [0, 0.05) is 25.2 Å². The number of nitrogens with zero attached hydrogens (tertiary/aromatic N) is 2. The molecule has 108 valence electrons. The van der Waals surface area contributed by atoms with E-state index in [0.717, 1.165) is 31.7 Å². The topological polar surface area (TPSA) is 89.5 Å². The van der Waals surface area contributed by atoms with E-state index in [1.54, 1.807) is 11.9 Å². The summed E-state index contributed by atoms with van der Waals surface area (Å²) in [5.41, 5.74) is 5.74. The molecule has 0 radical (unpaired) electrons. The summed E-state index contributed by atoms with van der Waals surface area (Å²) in [7, 11) is 1.70. The van der Waals surface area contributed by atoms with E-state index in [0.29, 0.717) is 0 Å². The number of rotatable bonds is 3. The van der Waals surface area contributed by atoms with E-state index >= 15 is 0 Å². The molecule has 0 bridgehead atoms. The number of halogens is 1. The largest absolute Gasteiger partial charge is 0.397 e. The van der Waals surface area contributed by atoms with Gasteiger partial charge in [-0.3, -0.25) is 14.9 Å². The fourth-order valence-electron chi connectivity index (χ4n) is 2.53. The number of amides is 1. The molecule has 1 fully saturated rings. The molecule has 2 rings (SSSR count). The van der Waals surface area contributed by atoms with Crippen molar-refractivity contribution in [2.24, 2.45) is 0 Å². The summed E-state index contributed by atoms with van der Waals surface area (Å²) < 4.78 is 0. The Labute approximate surface area is 121 Å². The molecule has 0 heterocycles. The Bertz CT molecular complexity index is 556. The summed E-state index contributed by atoms with van der Waals surface area (Å²) in [5, 5.41) is 10.9. The second-order valence-corrected chi connectivity index (χ2v) is 5.41. The van der Waals surface area contributed by atoms with Crippen LogP contribution in [0.15, 0.2) is 12.1 Å². The lowest BCUT2D eigenvalue weighted by Gasteiger charge is -2.25. The summed E-state index contributed by atoms with van der Waals surface area (Å²) >= 11 is 5.87. The fraction of sp³-hybridized carbons (Fsp3) is 0.462. The minimum Gasteiger partial charge on any atom is -0.397 e. The van der Waals surface area contributed by atoms with E-state index in [9.17, 15) is 14.9 Å². The molecule has 1 aromatic carbocycles. The second kappa shape index (κ2) is 5.66. The Balaban J connectivity index is 2.35. The maximum atomic E-state index is 12.4. The van der Waals surface area contributed by atoms with Gasteiger partial charge >= 0.3 is 0 Å². The quantitative estimate of drug-likeness (QED) is 0.528. The van der Waals surface area contributed by atoms with Gasteiger partial charge in [-0.1, -0.05) is 24.4 Å². The highest BCUT2D eigenvalue weighted by molar-refractivity contribution is 6.34. The molecule has 0 atom stereocenters. The average Bonchev–Trinajstić information content (AvgIpc) is 2.93. The van der Waals surface area contributed by atoms with Crippen LogP contribution in [0.3, 0.4) is 0 Å². The molecular weight excluding hydrogens is 282 g/mol. The molecule has 2 N–H and O–H groups in total. The van der Waals surface area contributed by atoms with Crippen molar-refractivity contribution in [3.05, 3.63) is 32.8 Å². The Morgan fingerprint density at radius 2 is 2.05 bits per heavy atom. The zero-order valence-electron chi connectivity index (χ0n) is 11.1. The first-order valence-corrected chi connectivity index (χ1v) is 6.80. The zero-order valence-corrected chi connectivity index (χ0v) is 11.9. The van der Waals surface area contributed by atoms with Crippen molar-refractivity contribution in [3.8, 4) is 0 Å². The predicted octanol–water partition coefficient (Wildman–Crippen LogP) is 2.85. The smallest absolute Gasteiger partial charge is 0.271 e. The number of nitrogens with two attached hydrogens (primary N) is 1. The molecule has 1 amide bonds. The lowest BCUT2D eigenvalue weighted by atomic mass is 10.1. The van der Waals surface area contributed by atoms with Crippen LogP contribution in [0.25, 0.3) is 0 Å². The predicted molar refractivity (Wildman–Crippen MR) is 76.9 cm³/mol. The van der Waals surface area contributed by atoms with Gasteiger partial charge in [0.15, 0.2) is 0 Å². The SMILES string of the molecule is CN(C(=O)c1cc([N+](=O)[O-])cc(Cl)c1N)C1CCCC1. The lowest BCUT2D eigenvalue weighted by molar-refractivity contribution is -0.384. The number of non-ortho nitro benzene ring substituents is 1. The first-order valence-electron chi connectivity index (χ1n) is 6.42. The van der Waals surface area contributed by atoms with Gasteiger partial charge in [-0.05, 0) is 12.8 Å². The van der Waals surface area contributed by atoms with Crippen LogP contribution in [0.1, 0.15) is 36.0 Å². The average molecular weight is 298 g/mol. The van der Waals surface area contributed by atoms with Crippen LogP contribution in [0, 0.1) is 10.1 Å². The fourth-order valence-corrected chi connectivity index (χ4v) is 2.75. The van der Waals surface area contributed by atoms with Crippen LogP contribution in [-0.4, -0.2) is 28.8 Å². The van der Waals surface area contributed by atoms with E-state index in [-0.39, 0.29) is 33.9 Å². The molecule has 20 heavy (non-hydrogen) atoms. The summed E-state index contributed by atoms with van der Waals surface area (Å²) in [6.07, 6.45) is 4.08. The van der Waals surface area contributed by atoms with Crippen LogP contribution in [0.4, 0.5) is 11.4 Å². The zero-order chi connectivity index (χ0) is 14.9. The standard InChI is InChI=1S/C13H16ClN3O3/c1-16(8-4-2-3-5-8)13(18)10-6-9(17(19)20)7-11(14)12(10)15/h6-8H,2-5,15H2,1H3. The molecule has 0 spiro atoms. The van der Waals surface area contributed by atoms with Gasteiger partial charge in [-0.2, -0.15) is 0 Å². The van der Waals surface area contributed by atoms with E-state index < -0.39 is 4.92 Å². The molecule has 6 nitrogen and oxygen atoms in total. The van der Waals surface area contributed by atoms with Gasteiger partial charge in [0.1, 0.15) is 0 Å². The maximum absolute atomic E-state index is 12.4. The number of carbonyl (C=O) groups excluding carboxylic acids is 1. The number of nitro benzene ring substituents is 1. The van der Waals surface area contributed by atoms with E-state index in [1.165, 1.54) is 6.07 Å². The lowest BCUT2D eigenvalue weighted by Crippen LogP contribution is -2.35. The van der Waals surface area contributed by atoms with Crippen LogP contribution in [0.2, 0.25) is 5.02 Å². The third-order valence-electron chi connectivity index (χ3n) is 3.75. The van der Waals surface area contributed by atoms with Gasteiger partial charge in [-0.15, -0.1) is 0 Å². The van der Waals surface area contributed by atoms with Crippen LogP contribution >= 0.6 is 11.6 Å². The number of anilines is 1. The summed E-state index contributed by atoms with van der Waals surface area (Å²) in [5.74, 6) is -0.319.